The molecule has 0 saturated carbocycles. The fourth-order valence-corrected chi connectivity index (χ4v) is 1.56. The molecule has 2 atom stereocenters. The van der Waals surface area contributed by atoms with Gasteiger partial charge < -0.3 is 20.5 Å². The van der Waals surface area contributed by atoms with Crippen LogP contribution in [0.2, 0.25) is 0 Å². The smallest absolute Gasteiger partial charge is 0.325 e. The molecule has 16 heavy (non-hydrogen) atoms. The molecule has 0 bridgehead atoms. The van der Waals surface area contributed by atoms with Crippen molar-refractivity contribution in [3.05, 3.63) is 0 Å². The van der Waals surface area contributed by atoms with Crippen LogP contribution in [-0.4, -0.2) is 43.8 Å². The molecule has 1 aliphatic heterocycles. The third-order valence-electron chi connectivity index (χ3n) is 2.38. The van der Waals surface area contributed by atoms with E-state index in [1.165, 1.54) is 0 Å². The minimum Gasteiger partial charge on any atom is -0.465 e. The summed E-state index contributed by atoms with van der Waals surface area (Å²) in [5.74, 6) is -0.715. The Balaban J connectivity index is 2.23. The van der Waals surface area contributed by atoms with Crippen LogP contribution in [0.1, 0.15) is 19.8 Å². The van der Waals surface area contributed by atoms with Crippen molar-refractivity contribution in [2.45, 2.75) is 32.0 Å². The summed E-state index contributed by atoms with van der Waals surface area (Å²) >= 11 is 0. The molecule has 0 spiro atoms. The lowest BCUT2D eigenvalue weighted by atomic mass is 10.2. The maximum Gasteiger partial charge on any atom is 0.325 e. The Kier molecular flexibility index (Phi) is 5.21. The van der Waals surface area contributed by atoms with E-state index in [-0.39, 0.29) is 18.6 Å². The van der Waals surface area contributed by atoms with Crippen LogP contribution in [0.15, 0.2) is 0 Å². The van der Waals surface area contributed by atoms with Crippen LogP contribution in [0.25, 0.3) is 0 Å². The standard InChI is InChI=1S/C10H18N2O4/c1-2-15-9(13)6-12-10(14)8-4-3-7(5-11)16-8/h7-8H,2-6,11H2,1H3,(H,12,14)/t7-,8+/m1/s1. The topological polar surface area (TPSA) is 90.7 Å². The Labute approximate surface area is 94.5 Å². The molecule has 0 aromatic carbocycles. The van der Waals surface area contributed by atoms with Crippen LogP contribution >= 0.6 is 0 Å². The highest BCUT2D eigenvalue weighted by Gasteiger charge is 2.29. The van der Waals surface area contributed by atoms with Gasteiger partial charge in [0, 0.05) is 6.54 Å². The molecule has 0 unspecified atom stereocenters. The number of ether oxygens (including phenoxy) is 2. The predicted octanol–water partition coefficient (Wildman–Crippen LogP) is -0.828. The van der Waals surface area contributed by atoms with E-state index >= 15 is 0 Å². The average molecular weight is 230 g/mol. The number of nitrogens with one attached hydrogen (secondary N) is 1. The minimum absolute atomic E-state index is 0.0432. The molecule has 6 heteroatoms. The van der Waals surface area contributed by atoms with Gasteiger partial charge in [0.25, 0.3) is 0 Å². The first-order valence-electron chi connectivity index (χ1n) is 5.46. The monoisotopic (exact) mass is 230 g/mol. The molecular formula is C10H18N2O4. The van der Waals surface area contributed by atoms with E-state index in [0.717, 1.165) is 6.42 Å². The number of nitrogens with two attached hydrogens (primary N) is 1. The van der Waals surface area contributed by atoms with Crippen LogP contribution in [0, 0.1) is 0 Å². The maximum atomic E-state index is 11.5. The van der Waals surface area contributed by atoms with Gasteiger partial charge >= 0.3 is 5.97 Å². The number of esters is 1. The van der Waals surface area contributed by atoms with Crippen molar-refractivity contribution in [1.29, 1.82) is 0 Å². The van der Waals surface area contributed by atoms with Crippen molar-refractivity contribution < 1.29 is 19.1 Å². The van der Waals surface area contributed by atoms with Crippen LogP contribution in [0.4, 0.5) is 0 Å². The normalized spacial score (nSPS) is 24.1. The van der Waals surface area contributed by atoms with E-state index in [1.54, 1.807) is 6.92 Å². The summed E-state index contributed by atoms with van der Waals surface area (Å²) in [4.78, 5) is 22.5. The number of hydrogen-bond donors (Lipinski definition) is 2. The van der Waals surface area contributed by atoms with Gasteiger partial charge in [0.2, 0.25) is 5.91 Å². The second kappa shape index (κ2) is 6.44. The largest absolute Gasteiger partial charge is 0.465 e. The lowest BCUT2D eigenvalue weighted by molar-refractivity contribution is -0.144. The zero-order valence-electron chi connectivity index (χ0n) is 9.40. The molecule has 92 valence electrons. The number of amides is 1. The molecule has 1 saturated heterocycles. The fourth-order valence-electron chi connectivity index (χ4n) is 1.56. The van der Waals surface area contributed by atoms with Gasteiger partial charge in [0.15, 0.2) is 0 Å². The number of rotatable bonds is 5. The number of hydrogen-bond acceptors (Lipinski definition) is 5. The molecule has 0 aromatic rings. The van der Waals surface area contributed by atoms with Gasteiger partial charge in [-0.05, 0) is 19.8 Å². The van der Waals surface area contributed by atoms with E-state index in [0.29, 0.717) is 19.6 Å². The molecule has 1 aliphatic rings. The molecule has 1 amide bonds. The number of carbonyl (C=O) groups excluding carboxylic acids is 2. The zero-order chi connectivity index (χ0) is 12.0. The molecule has 1 heterocycles. The molecule has 6 nitrogen and oxygen atoms in total. The Bertz CT molecular complexity index is 257. The predicted molar refractivity (Wildman–Crippen MR) is 56.6 cm³/mol. The zero-order valence-corrected chi connectivity index (χ0v) is 9.40. The van der Waals surface area contributed by atoms with Crippen molar-refractivity contribution in [3.63, 3.8) is 0 Å². The summed E-state index contributed by atoms with van der Waals surface area (Å²) in [7, 11) is 0. The van der Waals surface area contributed by atoms with Gasteiger partial charge in [-0.3, -0.25) is 9.59 Å². The first-order chi connectivity index (χ1) is 7.67. The van der Waals surface area contributed by atoms with E-state index in [9.17, 15) is 9.59 Å². The third-order valence-corrected chi connectivity index (χ3v) is 2.38. The summed E-state index contributed by atoms with van der Waals surface area (Å²) in [5, 5.41) is 2.47. The molecule has 0 aromatic heterocycles. The third kappa shape index (κ3) is 3.79. The summed E-state index contributed by atoms with van der Waals surface area (Å²) in [5.41, 5.74) is 5.43. The summed E-state index contributed by atoms with van der Waals surface area (Å²) in [6, 6.07) is 0. The van der Waals surface area contributed by atoms with Crippen molar-refractivity contribution in [3.8, 4) is 0 Å². The fraction of sp³-hybridized carbons (Fsp3) is 0.800. The molecule has 0 aliphatic carbocycles. The summed E-state index contributed by atoms with van der Waals surface area (Å²) < 4.78 is 10.1. The van der Waals surface area contributed by atoms with Gasteiger partial charge in [-0.25, -0.2) is 0 Å². The van der Waals surface area contributed by atoms with Gasteiger partial charge in [-0.2, -0.15) is 0 Å². The van der Waals surface area contributed by atoms with Gasteiger partial charge in [-0.1, -0.05) is 0 Å². The minimum atomic E-state index is -0.483. The first-order valence-corrected chi connectivity index (χ1v) is 5.46. The highest BCUT2D eigenvalue weighted by atomic mass is 16.5. The SMILES string of the molecule is CCOC(=O)CNC(=O)[C@@H]1CC[C@H](CN)O1. The van der Waals surface area contributed by atoms with Crippen LogP contribution in [-0.2, 0) is 19.1 Å². The second-order valence-corrected chi connectivity index (χ2v) is 3.58. The summed E-state index contributed by atoms with van der Waals surface area (Å²) in [6.45, 7) is 2.33. The Morgan fingerprint density at radius 2 is 2.25 bits per heavy atom. The van der Waals surface area contributed by atoms with Crippen molar-refractivity contribution >= 4 is 11.9 Å². The first kappa shape index (κ1) is 12.9. The molecular weight excluding hydrogens is 212 g/mol. The van der Waals surface area contributed by atoms with E-state index in [1.807, 2.05) is 0 Å². The highest BCUT2D eigenvalue weighted by molar-refractivity contribution is 5.85. The van der Waals surface area contributed by atoms with Crippen LogP contribution < -0.4 is 11.1 Å². The van der Waals surface area contributed by atoms with E-state index in [4.69, 9.17) is 10.5 Å². The maximum absolute atomic E-state index is 11.5. The Morgan fingerprint density at radius 3 is 2.81 bits per heavy atom. The Morgan fingerprint density at radius 1 is 1.50 bits per heavy atom. The average Bonchev–Trinajstić information content (AvgIpc) is 2.75. The van der Waals surface area contributed by atoms with E-state index in [2.05, 4.69) is 10.1 Å². The van der Waals surface area contributed by atoms with Crippen LogP contribution in [0.3, 0.4) is 0 Å². The highest BCUT2D eigenvalue weighted by Crippen LogP contribution is 2.18. The van der Waals surface area contributed by atoms with Gasteiger partial charge in [0.05, 0.1) is 12.7 Å². The van der Waals surface area contributed by atoms with Crippen molar-refractivity contribution in [2.75, 3.05) is 19.7 Å². The lowest BCUT2D eigenvalue weighted by Gasteiger charge is -2.12. The van der Waals surface area contributed by atoms with Crippen molar-refractivity contribution in [2.24, 2.45) is 5.73 Å². The quantitative estimate of drug-likeness (QED) is 0.602. The molecule has 1 rings (SSSR count). The van der Waals surface area contributed by atoms with Gasteiger partial charge in [0.1, 0.15) is 12.6 Å². The molecule has 3 N–H and O–H groups in total. The van der Waals surface area contributed by atoms with Crippen molar-refractivity contribution in [1.82, 2.24) is 5.32 Å². The number of carbonyl (C=O) groups is 2. The molecule has 0 radical (unpaired) electrons. The second-order valence-electron chi connectivity index (χ2n) is 3.58. The molecule has 1 fully saturated rings. The lowest BCUT2D eigenvalue weighted by Crippen LogP contribution is -2.38. The summed E-state index contributed by atoms with van der Waals surface area (Å²) in [6.07, 6.45) is 0.908. The van der Waals surface area contributed by atoms with Crippen LogP contribution in [0.5, 0.6) is 0 Å². The van der Waals surface area contributed by atoms with E-state index < -0.39 is 12.1 Å². The Hall–Kier alpha value is -1.14. The van der Waals surface area contributed by atoms with Gasteiger partial charge in [-0.15, -0.1) is 0 Å².